The Bertz CT molecular complexity index is 1510. The van der Waals surface area contributed by atoms with E-state index in [2.05, 4.69) is 10.6 Å². The van der Waals surface area contributed by atoms with Crippen LogP contribution in [-0.4, -0.2) is 78.4 Å². The van der Waals surface area contributed by atoms with E-state index in [9.17, 15) is 27.9 Å². The first-order valence-electron chi connectivity index (χ1n) is 16.7. The minimum Gasteiger partial charge on any atom is -0.490 e. The number of hydrogen-bond acceptors (Lipinski definition) is 6. The maximum absolute atomic E-state index is 14.3. The number of urea groups is 1. The van der Waals surface area contributed by atoms with Crippen molar-refractivity contribution in [2.24, 2.45) is 5.92 Å². The number of alkyl halides is 3. The van der Waals surface area contributed by atoms with E-state index in [1.165, 1.54) is 12.1 Å². The SMILES string of the molecule is C[C@H](CO)N1C[C@H](C)[C@@H](CN(C)Cc2ccc(C(F)(F)F)cc2)OCCCC[C@H](C)Oc2ccc(NC(=O)Nc3ccccc3)cc2C1=O. The monoisotopic (exact) mass is 684 g/mol. The number of nitrogens with one attached hydrogen (secondary N) is 2. The van der Waals surface area contributed by atoms with Crippen molar-refractivity contribution in [3.63, 3.8) is 0 Å². The number of carbonyl (C=O) groups excluding carboxylic acids is 2. The molecule has 0 saturated carbocycles. The fourth-order valence-corrected chi connectivity index (χ4v) is 5.76. The van der Waals surface area contributed by atoms with Crippen molar-refractivity contribution in [3.8, 4) is 5.75 Å². The molecule has 0 aliphatic carbocycles. The van der Waals surface area contributed by atoms with E-state index in [1.54, 1.807) is 42.2 Å². The molecule has 0 saturated heterocycles. The number of halogens is 3. The van der Waals surface area contributed by atoms with Crippen LogP contribution in [0.2, 0.25) is 0 Å². The van der Waals surface area contributed by atoms with Crippen LogP contribution < -0.4 is 15.4 Å². The summed E-state index contributed by atoms with van der Waals surface area (Å²) in [7, 11) is 1.89. The lowest BCUT2D eigenvalue weighted by atomic mass is 10.0. The molecule has 3 aromatic rings. The van der Waals surface area contributed by atoms with Gasteiger partial charge in [-0.1, -0.05) is 37.3 Å². The molecule has 4 rings (SSSR count). The molecule has 49 heavy (non-hydrogen) atoms. The predicted octanol–water partition coefficient (Wildman–Crippen LogP) is 7.28. The number of aliphatic hydroxyl groups excluding tert-OH is 1. The minimum atomic E-state index is -4.40. The highest BCUT2D eigenvalue weighted by atomic mass is 19.4. The third kappa shape index (κ3) is 11.2. The molecule has 1 heterocycles. The van der Waals surface area contributed by atoms with E-state index in [0.717, 1.165) is 37.0 Å². The number of anilines is 2. The summed E-state index contributed by atoms with van der Waals surface area (Å²) in [6.07, 6.45) is -2.56. The lowest BCUT2D eigenvalue weighted by Crippen LogP contribution is -2.47. The van der Waals surface area contributed by atoms with Crippen molar-refractivity contribution in [1.82, 2.24) is 9.80 Å². The first-order valence-corrected chi connectivity index (χ1v) is 16.7. The number of hydrogen-bond donors (Lipinski definition) is 3. The summed E-state index contributed by atoms with van der Waals surface area (Å²) in [6.45, 7) is 7.04. The summed E-state index contributed by atoms with van der Waals surface area (Å²) < 4.78 is 51.8. The summed E-state index contributed by atoms with van der Waals surface area (Å²) in [4.78, 5) is 30.7. The molecular formula is C37H47F3N4O5. The van der Waals surface area contributed by atoms with Crippen LogP contribution in [0.5, 0.6) is 5.75 Å². The number of likely N-dealkylation sites (N-methyl/N-ethyl adjacent to an activating group) is 1. The molecule has 0 bridgehead atoms. The van der Waals surface area contributed by atoms with Crippen LogP contribution in [0.25, 0.3) is 0 Å². The smallest absolute Gasteiger partial charge is 0.416 e. The topological polar surface area (TPSA) is 103 Å². The van der Waals surface area contributed by atoms with Crippen molar-refractivity contribution in [2.45, 2.75) is 71.0 Å². The highest BCUT2D eigenvalue weighted by molar-refractivity contribution is 6.02. The van der Waals surface area contributed by atoms with Crippen molar-refractivity contribution in [2.75, 3.05) is 44.0 Å². The van der Waals surface area contributed by atoms with Gasteiger partial charge in [0, 0.05) is 43.5 Å². The van der Waals surface area contributed by atoms with E-state index in [0.29, 0.717) is 36.8 Å². The Morgan fingerprint density at radius 1 is 1.02 bits per heavy atom. The van der Waals surface area contributed by atoms with Gasteiger partial charge in [0.05, 0.1) is 36.0 Å². The molecule has 3 amide bonds. The number of carbonyl (C=O) groups is 2. The van der Waals surface area contributed by atoms with E-state index < -0.39 is 23.8 Å². The zero-order valence-electron chi connectivity index (χ0n) is 28.5. The molecule has 1 aliphatic rings. The van der Waals surface area contributed by atoms with Crippen LogP contribution in [0.4, 0.5) is 29.3 Å². The summed E-state index contributed by atoms with van der Waals surface area (Å²) >= 11 is 0. The maximum atomic E-state index is 14.3. The lowest BCUT2D eigenvalue weighted by molar-refractivity contribution is -0.137. The minimum absolute atomic E-state index is 0.183. The molecule has 12 heteroatoms. The third-order valence-electron chi connectivity index (χ3n) is 8.57. The maximum Gasteiger partial charge on any atom is 0.416 e. The fraction of sp³-hybridized carbons (Fsp3) is 0.459. The molecule has 266 valence electrons. The van der Waals surface area contributed by atoms with Crippen molar-refractivity contribution < 1.29 is 37.3 Å². The van der Waals surface area contributed by atoms with Gasteiger partial charge >= 0.3 is 12.2 Å². The number of amides is 3. The van der Waals surface area contributed by atoms with E-state index in [1.807, 2.05) is 44.0 Å². The molecule has 0 aromatic heterocycles. The summed E-state index contributed by atoms with van der Waals surface area (Å²) in [5.41, 5.74) is 1.32. The second-order valence-electron chi connectivity index (χ2n) is 12.8. The summed E-state index contributed by atoms with van der Waals surface area (Å²) in [5, 5.41) is 15.8. The Balaban J connectivity index is 1.56. The highest BCUT2D eigenvalue weighted by Gasteiger charge is 2.32. The molecule has 9 nitrogen and oxygen atoms in total. The van der Waals surface area contributed by atoms with Crippen LogP contribution >= 0.6 is 0 Å². The van der Waals surface area contributed by atoms with E-state index in [4.69, 9.17) is 9.47 Å². The molecule has 0 unspecified atom stereocenters. The number of benzene rings is 3. The number of nitrogens with zero attached hydrogens (tertiary/aromatic N) is 2. The number of ether oxygens (including phenoxy) is 2. The van der Waals surface area contributed by atoms with Crippen LogP contribution in [0.15, 0.2) is 72.8 Å². The quantitative estimate of drug-likeness (QED) is 0.231. The Kier molecular flexibility index (Phi) is 13.5. The van der Waals surface area contributed by atoms with E-state index in [-0.39, 0.29) is 42.7 Å². The van der Waals surface area contributed by atoms with Gasteiger partial charge in [-0.15, -0.1) is 0 Å². The molecular weight excluding hydrogens is 637 g/mol. The number of para-hydroxylation sites is 1. The normalized spacial score (nSPS) is 20.1. The second kappa shape index (κ2) is 17.5. The van der Waals surface area contributed by atoms with Crippen molar-refractivity contribution in [3.05, 3.63) is 89.5 Å². The summed E-state index contributed by atoms with van der Waals surface area (Å²) in [5.74, 6) is -0.163. The van der Waals surface area contributed by atoms with Gasteiger partial charge in [-0.25, -0.2) is 4.79 Å². The Hall–Kier alpha value is -4.13. The van der Waals surface area contributed by atoms with Crippen molar-refractivity contribution in [1.29, 1.82) is 0 Å². The Labute approximate surface area is 286 Å². The van der Waals surface area contributed by atoms with Gasteiger partial charge in [0.25, 0.3) is 5.91 Å². The van der Waals surface area contributed by atoms with Gasteiger partial charge in [-0.3, -0.25) is 9.69 Å². The molecule has 1 aliphatic heterocycles. The number of rotatable bonds is 8. The van der Waals surface area contributed by atoms with Gasteiger partial charge in [0.15, 0.2) is 0 Å². The second-order valence-corrected chi connectivity index (χ2v) is 12.8. The predicted molar refractivity (Wildman–Crippen MR) is 184 cm³/mol. The summed E-state index contributed by atoms with van der Waals surface area (Å²) in [6, 6.07) is 18.1. The Morgan fingerprint density at radius 3 is 2.39 bits per heavy atom. The molecule has 0 spiro atoms. The molecule has 3 aromatic carbocycles. The largest absolute Gasteiger partial charge is 0.490 e. The van der Waals surface area contributed by atoms with E-state index >= 15 is 0 Å². The average Bonchev–Trinajstić information content (AvgIpc) is 3.06. The zero-order valence-corrected chi connectivity index (χ0v) is 28.5. The van der Waals surface area contributed by atoms with Crippen LogP contribution in [0, 0.1) is 5.92 Å². The van der Waals surface area contributed by atoms with Crippen LogP contribution in [0.3, 0.4) is 0 Å². The average molecular weight is 685 g/mol. The standard InChI is InChI=1S/C37H47F3N4O5/c1-25-21-44(26(2)24-45)35(46)32-20-31(42-36(47)41-30-11-6-5-7-12-30)17-18-33(32)49-27(3)10-8-9-19-48-34(25)23-43(4)22-28-13-15-29(16-14-28)37(38,39)40/h5-7,11-18,20,25-27,34,45H,8-10,19,21-24H2,1-4H3,(H2,41,42,47)/t25-,26+,27-,34+/m0/s1. The van der Waals surface area contributed by atoms with Crippen molar-refractivity contribution >= 4 is 23.3 Å². The number of aliphatic hydroxyl groups is 1. The molecule has 4 atom stereocenters. The fourth-order valence-electron chi connectivity index (χ4n) is 5.76. The Morgan fingerprint density at radius 2 is 1.71 bits per heavy atom. The van der Waals surface area contributed by atoms with Gasteiger partial charge in [-0.05, 0) is 88.2 Å². The van der Waals surface area contributed by atoms with Gasteiger partial charge < -0.3 is 30.1 Å². The zero-order chi connectivity index (χ0) is 35.6. The number of fused-ring (bicyclic) bond motifs is 1. The molecule has 3 N–H and O–H groups in total. The van der Waals surface area contributed by atoms with Gasteiger partial charge in [0.2, 0.25) is 0 Å². The lowest BCUT2D eigenvalue weighted by Gasteiger charge is -2.36. The third-order valence-corrected chi connectivity index (χ3v) is 8.57. The van der Waals surface area contributed by atoms with Gasteiger partial charge in [0.1, 0.15) is 5.75 Å². The first kappa shape index (κ1) is 37.7. The van der Waals surface area contributed by atoms with Crippen LogP contribution in [-0.2, 0) is 17.5 Å². The highest BCUT2D eigenvalue weighted by Crippen LogP contribution is 2.30. The molecule has 0 radical (unpaired) electrons. The van der Waals surface area contributed by atoms with Gasteiger partial charge in [-0.2, -0.15) is 13.2 Å². The van der Waals surface area contributed by atoms with Crippen LogP contribution in [0.1, 0.15) is 61.5 Å². The first-order chi connectivity index (χ1) is 23.3. The molecule has 0 fully saturated rings.